The van der Waals surface area contributed by atoms with Crippen molar-refractivity contribution >= 4 is 29.7 Å². The number of carbonyl (C=O) groups excluding carboxylic acids is 5. The Kier molecular flexibility index (Phi) is 7.25. The molecule has 12 nitrogen and oxygen atoms in total. The van der Waals surface area contributed by atoms with Gasteiger partial charge in [0.05, 0.1) is 18.1 Å². The van der Waals surface area contributed by atoms with E-state index in [0.29, 0.717) is 5.57 Å². The molecule has 0 aromatic rings. The quantitative estimate of drug-likeness (QED) is 0.281. The van der Waals surface area contributed by atoms with Crippen molar-refractivity contribution in [2.45, 2.75) is 110 Å². The lowest BCUT2D eigenvalue weighted by Gasteiger charge is -2.67. The largest absolute Gasteiger partial charge is 0.461 e. The minimum Gasteiger partial charge on any atom is -0.461 e. The Labute approximate surface area is 232 Å². The van der Waals surface area contributed by atoms with Crippen molar-refractivity contribution in [3.63, 3.8) is 0 Å². The van der Waals surface area contributed by atoms with Crippen LogP contribution < -0.4 is 0 Å². The first kappa shape index (κ1) is 30.1. The summed E-state index contributed by atoms with van der Waals surface area (Å²) in [5, 5.41) is 24.8. The molecule has 3 fully saturated rings. The summed E-state index contributed by atoms with van der Waals surface area (Å²) in [5.41, 5.74) is -6.39. The van der Waals surface area contributed by atoms with E-state index < -0.39 is 88.1 Å². The third-order valence-electron chi connectivity index (χ3n) is 9.55. The second-order valence-corrected chi connectivity index (χ2v) is 12.2. The van der Waals surface area contributed by atoms with Gasteiger partial charge in [-0.25, -0.2) is 0 Å². The van der Waals surface area contributed by atoms with Crippen LogP contribution in [0.4, 0.5) is 0 Å². The van der Waals surface area contributed by atoms with Crippen molar-refractivity contribution in [2.75, 3.05) is 6.61 Å². The maximum Gasteiger partial charge on any atom is 0.303 e. The minimum absolute atomic E-state index is 0.0545. The van der Waals surface area contributed by atoms with Crippen LogP contribution in [-0.4, -0.2) is 88.2 Å². The van der Waals surface area contributed by atoms with Gasteiger partial charge < -0.3 is 33.9 Å². The standard InChI is InChI=1S/C28H38O12/c1-12-17(37-13(2)29)10-28(35)24(34)22-26(8,23(33)21(39-15(4)31)20(12)25(28,6)7)18(38-14(3)30)9-19-27(22,11-36-19)40-16(5)32/h17-19,21-22,24,34-35H,9-11H2,1-8H3/t17-,18-,19+,21+,22-,24-,26+,27-,28+/m0/s1. The molecule has 0 unspecified atom stereocenters. The summed E-state index contributed by atoms with van der Waals surface area (Å²) in [7, 11) is 0. The summed E-state index contributed by atoms with van der Waals surface area (Å²) in [4.78, 5) is 63.9. The Bertz CT molecular complexity index is 1190. The van der Waals surface area contributed by atoms with Crippen molar-refractivity contribution in [3.05, 3.63) is 11.1 Å². The van der Waals surface area contributed by atoms with Crippen molar-refractivity contribution in [1.29, 1.82) is 0 Å². The van der Waals surface area contributed by atoms with Gasteiger partial charge in [-0.15, -0.1) is 0 Å². The number of ketones is 1. The Morgan fingerprint density at radius 1 is 0.925 bits per heavy atom. The van der Waals surface area contributed by atoms with E-state index in [1.807, 2.05) is 0 Å². The van der Waals surface area contributed by atoms with Crippen LogP contribution in [-0.2, 0) is 47.7 Å². The van der Waals surface area contributed by atoms with Crippen LogP contribution in [0, 0.1) is 16.7 Å². The first-order chi connectivity index (χ1) is 18.3. The lowest BCUT2D eigenvalue weighted by Crippen LogP contribution is -2.81. The van der Waals surface area contributed by atoms with Gasteiger partial charge in [0, 0.05) is 51.9 Å². The molecule has 9 atom stereocenters. The van der Waals surface area contributed by atoms with E-state index in [4.69, 9.17) is 23.7 Å². The SMILES string of the molecule is CC(=O)O[C@H]1C(=O)[C@]2(C)[C@@H](OC(C)=O)C[C@H]3OC[C@@]3(OC(C)=O)[C@H]2[C@H](O)[C@]2(O)C[C@H](OC(C)=O)C(C)=C1C2(C)C. The van der Waals surface area contributed by atoms with Gasteiger partial charge in [0.2, 0.25) is 0 Å². The molecule has 2 saturated carbocycles. The van der Waals surface area contributed by atoms with Crippen LogP contribution in [0.2, 0.25) is 0 Å². The van der Waals surface area contributed by atoms with Gasteiger partial charge in [-0.1, -0.05) is 13.8 Å². The number of hydrogen-bond donors (Lipinski definition) is 2. The van der Waals surface area contributed by atoms with Crippen molar-refractivity contribution < 1.29 is 57.9 Å². The van der Waals surface area contributed by atoms with E-state index in [1.165, 1.54) is 27.7 Å². The highest BCUT2D eigenvalue weighted by Gasteiger charge is 2.78. The third-order valence-corrected chi connectivity index (χ3v) is 9.55. The molecular formula is C28H38O12. The maximum absolute atomic E-state index is 14.8. The Hall–Kier alpha value is -2.83. The van der Waals surface area contributed by atoms with Crippen LogP contribution in [0.3, 0.4) is 0 Å². The first-order valence-electron chi connectivity index (χ1n) is 13.3. The molecule has 0 amide bonds. The predicted molar refractivity (Wildman–Crippen MR) is 134 cm³/mol. The normalized spacial score (nSPS) is 41.7. The number of Topliss-reactive ketones (excluding diaryl/α,β-unsaturated/α-hetero) is 1. The van der Waals surface area contributed by atoms with E-state index in [2.05, 4.69) is 0 Å². The summed E-state index contributed by atoms with van der Waals surface area (Å²) >= 11 is 0. The predicted octanol–water partition coefficient (Wildman–Crippen LogP) is 0.930. The van der Waals surface area contributed by atoms with Crippen LogP contribution in [0.15, 0.2) is 11.1 Å². The van der Waals surface area contributed by atoms with E-state index >= 15 is 0 Å². The van der Waals surface area contributed by atoms with Crippen LogP contribution in [0.1, 0.15) is 68.2 Å². The summed E-state index contributed by atoms with van der Waals surface area (Å²) in [5.74, 6) is -4.97. The second-order valence-electron chi connectivity index (χ2n) is 12.2. The van der Waals surface area contributed by atoms with Crippen LogP contribution in [0.5, 0.6) is 0 Å². The second kappa shape index (κ2) is 9.63. The number of esters is 4. The molecule has 4 rings (SSSR count). The highest BCUT2D eigenvalue weighted by molar-refractivity contribution is 5.95. The Balaban J connectivity index is 2.09. The Morgan fingerprint density at radius 2 is 1.50 bits per heavy atom. The number of hydrogen-bond acceptors (Lipinski definition) is 12. The molecule has 1 heterocycles. The number of rotatable bonds is 4. The third kappa shape index (κ3) is 4.09. The molecule has 2 N–H and O–H groups in total. The average molecular weight is 567 g/mol. The molecule has 4 aliphatic rings. The molecule has 0 spiro atoms. The maximum atomic E-state index is 14.8. The highest BCUT2D eigenvalue weighted by Crippen LogP contribution is 2.64. The molecule has 1 saturated heterocycles. The lowest BCUT2D eigenvalue weighted by atomic mass is 9.44. The first-order valence-corrected chi connectivity index (χ1v) is 13.3. The van der Waals surface area contributed by atoms with E-state index in [-0.39, 0.29) is 25.0 Å². The zero-order valence-corrected chi connectivity index (χ0v) is 24.1. The number of aliphatic hydroxyl groups excluding tert-OH is 1. The molecule has 222 valence electrons. The summed E-state index contributed by atoms with van der Waals surface area (Å²) in [6.45, 7) is 10.8. The molecule has 40 heavy (non-hydrogen) atoms. The molecule has 0 aromatic carbocycles. The van der Waals surface area contributed by atoms with E-state index in [9.17, 15) is 34.2 Å². The summed E-state index contributed by atoms with van der Waals surface area (Å²) < 4.78 is 28.4. The smallest absolute Gasteiger partial charge is 0.303 e. The topological polar surface area (TPSA) is 172 Å². The molecule has 0 radical (unpaired) electrons. The van der Waals surface area contributed by atoms with E-state index in [0.717, 1.165) is 6.92 Å². The van der Waals surface area contributed by atoms with E-state index in [1.54, 1.807) is 20.8 Å². The molecule has 2 bridgehead atoms. The number of ether oxygens (including phenoxy) is 5. The fourth-order valence-electron chi connectivity index (χ4n) is 7.69. The molecular weight excluding hydrogens is 528 g/mol. The highest BCUT2D eigenvalue weighted by atomic mass is 16.6. The van der Waals surface area contributed by atoms with Gasteiger partial charge in [-0.2, -0.15) is 0 Å². The van der Waals surface area contributed by atoms with Gasteiger partial charge >= 0.3 is 23.9 Å². The summed E-state index contributed by atoms with van der Waals surface area (Å²) in [6, 6.07) is 0. The number of carbonyl (C=O) groups is 5. The number of fused-ring (bicyclic) bond motifs is 5. The van der Waals surface area contributed by atoms with Gasteiger partial charge in [-0.3, -0.25) is 24.0 Å². The van der Waals surface area contributed by atoms with Gasteiger partial charge in [-0.05, 0) is 25.0 Å². The molecule has 1 aliphatic heterocycles. The van der Waals surface area contributed by atoms with Gasteiger partial charge in [0.15, 0.2) is 17.5 Å². The Morgan fingerprint density at radius 3 is 1.98 bits per heavy atom. The van der Waals surface area contributed by atoms with Crippen molar-refractivity contribution in [3.8, 4) is 0 Å². The van der Waals surface area contributed by atoms with Gasteiger partial charge in [0.1, 0.15) is 23.9 Å². The zero-order chi connectivity index (χ0) is 30.2. The molecule has 12 heteroatoms. The van der Waals surface area contributed by atoms with Crippen molar-refractivity contribution in [1.82, 2.24) is 0 Å². The van der Waals surface area contributed by atoms with Crippen LogP contribution in [0.25, 0.3) is 0 Å². The number of aliphatic hydroxyl groups is 2. The summed E-state index contributed by atoms with van der Waals surface area (Å²) in [6.07, 6.45) is -6.86. The fourth-order valence-corrected chi connectivity index (χ4v) is 7.69. The monoisotopic (exact) mass is 566 g/mol. The lowest BCUT2D eigenvalue weighted by molar-refractivity contribution is -0.347. The van der Waals surface area contributed by atoms with Crippen molar-refractivity contribution in [2.24, 2.45) is 16.7 Å². The zero-order valence-electron chi connectivity index (χ0n) is 24.1. The minimum atomic E-state index is -2.11. The average Bonchev–Trinajstić information content (AvgIpc) is 2.80. The van der Waals surface area contributed by atoms with Gasteiger partial charge in [0.25, 0.3) is 0 Å². The van der Waals surface area contributed by atoms with Crippen LogP contribution >= 0.6 is 0 Å². The molecule has 3 aliphatic carbocycles. The molecule has 0 aromatic heterocycles. The fraction of sp³-hybridized carbons (Fsp3) is 0.750.